The lowest BCUT2D eigenvalue weighted by molar-refractivity contribution is -0.145. The van der Waals surface area contributed by atoms with Crippen LogP contribution in [0.2, 0.25) is 0 Å². The number of rotatable bonds is 13. The number of aromatic hydroxyl groups is 1. The molecule has 13 nitrogen and oxygen atoms in total. The van der Waals surface area contributed by atoms with Gasteiger partial charge in [-0.05, 0) is 31.0 Å². The van der Waals surface area contributed by atoms with Crippen molar-refractivity contribution < 1.29 is 34.5 Å². The van der Waals surface area contributed by atoms with Gasteiger partial charge in [0.15, 0.2) is 6.04 Å². The highest BCUT2D eigenvalue weighted by molar-refractivity contribution is 7.80. The zero-order valence-electron chi connectivity index (χ0n) is 19.4. The first kappa shape index (κ1) is 28.6. The van der Waals surface area contributed by atoms with Crippen molar-refractivity contribution in [2.45, 2.75) is 50.0 Å². The molecule has 0 spiro atoms. The summed E-state index contributed by atoms with van der Waals surface area (Å²) in [4.78, 5) is 56.3. The molecular weight excluding hydrogens is 492 g/mol. The van der Waals surface area contributed by atoms with Gasteiger partial charge < -0.3 is 42.0 Å². The second-order valence-corrected chi connectivity index (χ2v) is 8.49. The lowest BCUT2D eigenvalue weighted by Gasteiger charge is -2.25. The van der Waals surface area contributed by atoms with Gasteiger partial charge in [-0.1, -0.05) is 12.1 Å². The summed E-state index contributed by atoms with van der Waals surface area (Å²) in [5.41, 5.74) is 7.23. The van der Waals surface area contributed by atoms with E-state index in [4.69, 9.17) is 10.8 Å². The summed E-state index contributed by atoms with van der Waals surface area (Å²) in [5.74, 6) is -3.81. The molecule has 1 aromatic carbocycles. The number of nitrogens with one attached hydrogen (secondary N) is 4. The molecule has 36 heavy (non-hydrogen) atoms. The van der Waals surface area contributed by atoms with Crippen molar-refractivity contribution in [2.75, 3.05) is 5.75 Å². The summed E-state index contributed by atoms with van der Waals surface area (Å²) in [6.07, 6.45) is 1.61. The van der Waals surface area contributed by atoms with Crippen molar-refractivity contribution in [1.82, 2.24) is 25.9 Å². The van der Waals surface area contributed by atoms with E-state index in [1.165, 1.54) is 31.6 Å². The number of aliphatic hydroxyl groups excluding tert-OH is 1. The molecule has 0 aliphatic heterocycles. The first-order chi connectivity index (χ1) is 17.0. The molecule has 2 aromatic rings. The molecule has 0 bridgehead atoms. The summed E-state index contributed by atoms with van der Waals surface area (Å²) in [7, 11) is 0. The van der Waals surface area contributed by atoms with Gasteiger partial charge in [0, 0.05) is 24.1 Å². The minimum Gasteiger partial charge on any atom is -0.508 e. The molecule has 1 heterocycles. The maximum Gasteiger partial charge on any atom is 0.328 e. The number of carbonyl (C=O) groups excluding carboxylic acids is 3. The molecule has 1 aromatic heterocycles. The molecule has 5 atom stereocenters. The van der Waals surface area contributed by atoms with E-state index >= 15 is 0 Å². The molecule has 0 radical (unpaired) electrons. The number of aliphatic carboxylic acids is 1. The van der Waals surface area contributed by atoms with Gasteiger partial charge in [0.1, 0.15) is 17.8 Å². The highest BCUT2D eigenvalue weighted by Crippen LogP contribution is 2.11. The maximum atomic E-state index is 13.0. The van der Waals surface area contributed by atoms with Crippen LogP contribution in [0.4, 0.5) is 0 Å². The number of imidazole rings is 1. The summed E-state index contributed by atoms with van der Waals surface area (Å²) in [6, 6.07) is 1.13. The predicted octanol–water partition coefficient (Wildman–Crippen LogP) is -1.92. The van der Waals surface area contributed by atoms with Crippen LogP contribution >= 0.6 is 12.6 Å². The number of nitrogens with zero attached hydrogens (tertiary/aromatic N) is 1. The topological polar surface area (TPSA) is 220 Å². The van der Waals surface area contributed by atoms with Gasteiger partial charge in [-0.15, -0.1) is 0 Å². The Hall–Kier alpha value is -3.62. The number of carbonyl (C=O) groups is 4. The van der Waals surface area contributed by atoms with Crippen LogP contribution in [-0.4, -0.2) is 85.0 Å². The number of hydrogen-bond acceptors (Lipinski definition) is 9. The Balaban J connectivity index is 2.11. The van der Waals surface area contributed by atoms with Crippen molar-refractivity contribution in [3.05, 3.63) is 48.0 Å². The molecule has 0 fully saturated rings. The van der Waals surface area contributed by atoms with E-state index in [1.54, 1.807) is 12.1 Å². The number of aromatic amines is 1. The third-order valence-electron chi connectivity index (χ3n) is 5.20. The first-order valence-corrected chi connectivity index (χ1v) is 11.6. The van der Waals surface area contributed by atoms with E-state index in [1.807, 2.05) is 0 Å². The van der Waals surface area contributed by atoms with Crippen LogP contribution in [0.5, 0.6) is 5.75 Å². The third kappa shape index (κ3) is 8.55. The zero-order chi connectivity index (χ0) is 26.8. The fourth-order valence-electron chi connectivity index (χ4n) is 3.19. The predicted molar refractivity (Wildman–Crippen MR) is 131 cm³/mol. The second kappa shape index (κ2) is 13.5. The standard InChI is InChI=1S/C22H30N6O7S/c1-11(29)18(22(34)35)28-21(33)17(9-36)27-20(32)16(7-13-8-24-10-25-13)26-19(31)15(23)6-12-2-4-14(30)5-3-12/h2-5,8,10-11,15-18,29-30,36H,6-7,9,23H2,1H3,(H,24,25)(H,26,31)(H,27,32)(H,28,33)(H,34,35). The summed E-state index contributed by atoms with van der Waals surface area (Å²) >= 11 is 4.05. The summed E-state index contributed by atoms with van der Waals surface area (Å²) in [5, 5.41) is 35.3. The second-order valence-electron chi connectivity index (χ2n) is 8.13. The van der Waals surface area contributed by atoms with Crippen molar-refractivity contribution in [3.63, 3.8) is 0 Å². The Morgan fingerprint density at radius 2 is 1.64 bits per heavy atom. The minimum atomic E-state index is -1.59. The lowest BCUT2D eigenvalue weighted by Crippen LogP contribution is -2.59. The van der Waals surface area contributed by atoms with Gasteiger partial charge in [0.2, 0.25) is 17.7 Å². The largest absolute Gasteiger partial charge is 0.508 e. The third-order valence-corrected chi connectivity index (χ3v) is 5.57. The Kier molecular flexibility index (Phi) is 10.7. The number of aliphatic hydroxyl groups is 1. The number of thiol groups is 1. The van der Waals surface area contributed by atoms with Crippen LogP contribution in [0.3, 0.4) is 0 Å². The van der Waals surface area contributed by atoms with Gasteiger partial charge in [-0.25, -0.2) is 9.78 Å². The molecule has 0 aliphatic rings. The van der Waals surface area contributed by atoms with Crippen LogP contribution in [0.25, 0.3) is 0 Å². The number of phenols is 1. The molecular formula is C22H30N6O7S. The van der Waals surface area contributed by atoms with Crippen LogP contribution < -0.4 is 21.7 Å². The normalized spacial score (nSPS) is 15.1. The number of nitrogens with two attached hydrogens (primary N) is 1. The number of benzene rings is 1. The molecule has 0 aliphatic carbocycles. The number of carboxylic acids is 1. The molecule has 2 rings (SSSR count). The summed E-state index contributed by atoms with van der Waals surface area (Å²) < 4.78 is 0. The minimum absolute atomic E-state index is 0.00413. The molecule has 14 heteroatoms. The average Bonchev–Trinajstić information content (AvgIpc) is 3.34. The number of carboxylic acid groups (broad SMARTS) is 1. The molecule has 0 saturated heterocycles. The van der Waals surface area contributed by atoms with E-state index < -0.39 is 54.0 Å². The number of amides is 3. The fourth-order valence-corrected chi connectivity index (χ4v) is 3.45. The zero-order valence-corrected chi connectivity index (χ0v) is 20.3. The van der Waals surface area contributed by atoms with Gasteiger partial charge >= 0.3 is 5.97 Å². The highest BCUT2D eigenvalue weighted by Gasteiger charge is 2.31. The van der Waals surface area contributed by atoms with Crippen LogP contribution in [0.1, 0.15) is 18.2 Å². The van der Waals surface area contributed by atoms with Gasteiger partial charge in [-0.3, -0.25) is 14.4 Å². The van der Waals surface area contributed by atoms with E-state index in [9.17, 15) is 29.4 Å². The van der Waals surface area contributed by atoms with E-state index in [0.29, 0.717) is 11.3 Å². The maximum absolute atomic E-state index is 13.0. The highest BCUT2D eigenvalue weighted by atomic mass is 32.1. The quantitative estimate of drug-likeness (QED) is 0.134. The molecule has 0 saturated carbocycles. The lowest BCUT2D eigenvalue weighted by atomic mass is 10.0. The molecule has 5 unspecified atom stereocenters. The van der Waals surface area contributed by atoms with Crippen molar-refractivity contribution in [2.24, 2.45) is 5.73 Å². The number of aromatic nitrogens is 2. The SMILES string of the molecule is CC(O)C(NC(=O)C(CS)NC(=O)C(Cc1cnc[nH]1)NC(=O)C(N)Cc1ccc(O)cc1)C(=O)O. The van der Waals surface area contributed by atoms with Gasteiger partial charge in [0.05, 0.1) is 18.5 Å². The Bertz CT molecular complexity index is 1030. The average molecular weight is 523 g/mol. The molecule has 196 valence electrons. The van der Waals surface area contributed by atoms with Crippen molar-refractivity contribution in [1.29, 1.82) is 0 Å². The van der Waals surface area contributed by atoms with Crippen LogP contribution in [0, 0.1) is 0 Å². The Labute approximate surface area is 212 Å². The van der Waals surface area contributed by atoms with Crippen molar-refractivity contribution >= 4 is 36.3 Å². The monoisotopic (exact) mass is 522 g/mol. The number of hydrogen-bond donors (Lipinski definition) is 9. The van der Waals surface area contributed by atoms with E-state index in [0.717, 1.165) is 0 Å². The van der Waals surface area contributed by atoms with Crippen LogP contribution in [0.15, 0.2) is 36.8 Å². The fraction of sp³-hybridized carbons (Fsp3) is 0.409. The Morgan fingerprint density at radius 1 is 1.03 bits per heavy atom. The molecule has 3 amide bonds. The van der Waals surface area contributed by atoms with E-state index in [2.05, 4.69) is 38.5 Å². The summed E-state index contributed by atoms with van der Waals surface area (Å²) in [6.45, 7) is 1.20. The van der Waals surface area contributed by atoms with Gasteiger partial charge in [0.25, 0.3) is 0 Å². The van der Waals surface area contributed by atoms with Crippen LogP contribution in [-0.2, 0) is 32.0 Å². The Morgan fingerprint density at radius 3 is 2.17 bits per heavy atom. The van der Waals surface area contributed by atoms with Crippen molar-refractivity contribution in [3.8, 4) is 5.75 Å². The van der Waals surface area contributed by atoms with Gasteiger partial charge in [-0.2, -0.15) is 12.6 Å². The first-order valence-electron chi connectivity index (χ1n) is 10.9. The van der Waals surface area contributed by atoms with E-state index in [-0.39, 0.29) is 24.3 Å². The smallest absolute Gasteiger partial charge is 0.328 e. The number of phenolic OH excluding ortho intramolecular Hbond substituents is 1. The molecule has 9 N–H and O–H groups in total. The number of H-pyrrole nitrogens is 1.